The van der Waals surface area contributed by atoms with Gasteiger partial charge in [-0.3, -0.25) is 19.5 Å². The summed E-state index contributed by atoms with van der Waals surface area (Å²) >= 11 is 6.13. The normalized spacial score (nSPS) is 17.5. The largest absolute Gasteiger partial charge is 0.507 e. The Morgan fingerprint density at radius 2 is 1.91 bits per heavy atom. The molecule has 1 aromatic heterocycles. The Morgan fingerprint density at radius 3 is 2.53 bits per heavy atom. The molecule has 1 N–H and O–H groups in total. The van der Waals surface area contributed by atoms with E-state index in [2.05, 4.69) is 4.98 Å². The summed E-state index contributed by atoms with van der Waals surface area (Å²) < 4.78 is 5.45. The topological polar surface area (TPSA) is 79.7 Å². The standard InChI is InChI=1S/C27H25ClN2O4/c1-15(2)20-13-17(7-10-22(20)34-4)25(31)23-24(18-6-5-11-29-14-18)30(27(33)26(23)32)21-9-8-19(28)12-16(21)3/h5-15,24,31H,1-4H3/b25-23-. The molecule has 3 aromatic rings. The highest BCUT2D eigenvalue weighted by molar-refractivity contribution is 6.51. The molecule has 1 saturated heterocycles. The van der Waals surface area contributed by atoms with Crippen LogP contribution in [0.5, 0.6) is 5.75 Å². The second kappa shape index (κ2) is 9.31. The fourth-order valence-corrected chi connectivity index (χ4v) is 4.54. The third-order valence-electron chi connectivity index (χ3n) is 5.99. The molecule has 1 aliphatic heterocycles. The summed E-state index contributed by atoms with van der Waals surface area (Å²) in [7, 11) is 1.59. The molecule has 2 aromatic carbocycles. The number of carbonyl (C=O) groups is 2. The van der Waals surface area contributed by atoms with Crippen LogP contribution in [-0.2, 0) is 9.59 Å². The van der Waals surface area contributed by atoms with Gasteiger partial charge in [-0.1, -0.05) is 31.5 Å². The maximum absolute atomic E-state index is 13.3. The molecule has 1 atom stereocenters. The molecule has 1 fully saturated rings. The fourth-order valence-electron chi connectivity index (χ4n) is 4.31. The van der Waals surface area contributed by atoms with Gasteiger partial charge in [-0.05, 0) is 72.0 Å². The number of carbonyl (C=O) groups excluding carboxylic acids is 2. The van der Waals surface area contributed by atoms with E-state index in [9.17, 15) is 14.7 Å². The number of nitrogens with zero attached hydrogens (tertiary/aromatic N) is 2. The van der Waals surface area contributed by atoms with E-state index in [1.807, 2.05) is 20.8 Å². The Bertz CT molecular complexity index is 1300. The van der Waals surface area contributed by atoms with Crippen LogP contribution in [0, 0.1) is 6.92 Å². The molecule has 6 nitrogen and oxygen atoms in total. The van der Waals surface area contributed by atoms with Crippen molar-refractivity contribution in [2.75, 3.05) is 12.0 Å². The summed E-state index contributed by atoms with van der Waals surface area (Å²) in [5, 5.41) is 11.9. The third-order valence-corrected chi connectivity index (χ3v) is 6.22. The molecule has 1 aliphatic rings. The second-order valence-corrected chi connectivity index (χ2v) is 8.93. The monoisotopic (exact) mass is 476 g/mol. The smallest absolute Gasteiger partial charge is 0.300 e. The third kappa shape index (κ3) is 4.05. The van der Waals surface area contributed by atoms with Gasteiger partial charge in [0.15, 0.2) is 0 Å². The predicted molar refractivity (Wildman–Crippen MR) is 132 cm³/mol. The quantitative estimate of drug-likeness (QED) is 0.286. The maximum Gasteiger partial charge on any atom is 0.300 e. The van der Waals surface area contributed by atoms with Gasteiger partial charge in [0.25, 0.3) is 11.7 Å². The number of aliphatic hydroxyl groups excluding tert-OH is 1. The molecular weight excluding hydrogens is 452 g/mol. The van der Waals surface area contributed by atoms with E-state index in [0.717, 1.165) is 11.1 Å². The molecule has 0 bridgehead atoms. The lowest BCUT2D eigenvalue weighted by molar-refractivity contribution is -0.132. The number of aliphatic hydroxyl groups is 1. The number of hydrogen-bond donors (Lipinski definition) is 1. The zero-order valence-corrected chi connectivity index (χ0v) is 20.1. The van der Waals surface area contributed by atoms with Crippen molar-refractivity contribution in [2.45, 2.75) is 32.7 Å². The molecule has 1 amide bonds. The first-order valence-corrected chi connectivity index (χ1v) is 11.3. The molecule has 7 heteroatoms. The number of anilines is 1. The average molecular weight is 477 g/mol. The van der Waals surface area contributed by atoms with Crippen LogP contribution in [0.1, 0.15) is 48.1 Å². The van der Waals surface area contributed by atoms with Gasteiger partial charge in [-0.15, -0.1) is 0 Å². The Labute approximate surface area is 203 Å². The Morgan fingerprint density at radius 1 is 1.15 bits per heavy atom. The van der Waals surface area contributed by atoms with Crippen molar-refractivity contribution in [1.82, 2.24) is 4.98 Å². The lowest BCUT2D eigenvalue weighted by Crippen LogP contribution is -2.30. The summed E-state index contributed by atoms with van der Waals surface area (Å²) in [6.07, 6.45) is 3.21. The lowest BCUT2D eigenvalue weighted by atomic mass is 9.93. The first-order chi connectivity index (χ1) is 16.2. The van der Waals surface area contributed by atoms with Gasteiger partial charge < -0.3 is 9.84 Å². The summed E-state index contributed by atoms with van der Waals surface area (Å²) in [6, 6.07) is 13.0. The second-order valence-electron chi connectivity index (χ2n) is 8.50. The fraction of sp³-hybridized carbons (Fsp3) is 0.222. The van der Waals surface area contributed by atoms with Crippen LogP contribution in [0.2, 0.25) is 5.02 Å². The van der Waals surface area contributed by atoms with Gasteiger partial charge in [0.2, 0.25) is 0 Å². The maximum atomic E-state index is 13.3. The van der Waals surface area contributed by atoms with E-state index >= 15 is 0 Å². The number of benzene rings is 2. The minimum atomic E-state index is -0.849. The number of aromatic nitrogens is 1. The molecule has 34 heavy (non-hydrogen) atoms. The van der Waals surface area contributed by atoms with Gasteiger partial charge >= 0.3 is 0 Å². The van der Waals surface area contributed by atoms with Crippen LogP contribution in [-0.4, -0.2) is 28.9 Å². The van der Waals surface area contributed by atoms with Crippen LogP contribution in [0.25, 0.3) is 5.76 Å². The van der Waals surface area contributed by atoms with Crippen molar-refractivity contribution >= 4 is 34.7 Å². The summed E-state index contributed by atoms with van der Waals surface area (Å²) in [5.41, 5.74) is 3.20. The number of hydrogen-bond acceptors (Lipinski definition) is 5. The molecule has 0 aliphatic carbocycles. The summed E-state index contributed by atoms with van der Waals surface area (Å²) in [4.78, 5) is 32.2. The number of rotatable bonds is 5. The highest BCUT2D eigenvalue weighted by Gasteiger charge is 2.47. The molecule has 0 spiro atoms. The van der Waals surface area contributed by atoms with Crippen LogP contribution in [0.4, 0.5) is 5.69 Å². The Kier molecular flexibility index (Phi) is 6.44. The van der Waals surface area contributed by atoms with Gasteiger partial charge in [0, 0.05) is 28.7 Å². The van der Waals surface area contributed by atoms with Crippen molar-refractivity contribution in [3.8, 4) is 5.75 Å². The van der Waals surface area contributed by atoms with Crippen molar-refractivity contribution in [3.63, 3.8) is 0 Å². The molecular formula is C27H25ClN2O4. The lowest BCUT2D eigenvalue weighted by Gasteiger charge is -2.26. The predicted octanol–water partition coefficient (Wildman–Crippen LogP) is 5.80. The molecule has 174 valence electrons. The summed E-state index contributed by atoms with van der Waals surface area (Å²) in [5.74, 6) is -0.921. The van der Waals surface area contributed by atoms with E-state index in [1.165, 1.54) is 4.90 Å². The highest BCUT2D eigenvalue weighted by atomic mass is 35.5. The van der Waals surface area contributed by atoms with Crippen molar-refractivity contribution < 1.29 is 19.4 Å². The van der Waals surface area contributed by atoms with E-state index in [1.54, 1.807) is 68.0 Å². The van der Waals surface area contributed by atoms with E-state index < -0.39 is 17.7 Å². The zero-order chi connectivity index (χ0) is 24.6. The van der Waals surface area contributed by atoms with Crippen LogP contribution >= 0.6 is 11.6 Å². The number of aryl methyl sites for hydroxylation is 1. The molecule has 0 saturated carbocycles. The SMILES string of the molecule is COc1ccc(/C(O)=C2/C(=O)C(=O)N(c3ccc(Cl)cc3C)C2c2cccnc2)cc1C(C)C. The number of halogens is 1. The van der Waals surface area contributed by atoms with E-state index in [0.29, 0.717) is 27.6 Å². The Balaban J connectivity index is 1.95. The minimum absolute atomic E-state index is 0.00669. The first kappa shape index (κ1) is 23.5. The van der Waals surface area contributed by atoms with Gasteiger partial charge in [-0.2, -0.15) is 0 Å². The molecule has 0 radical (unpaired) electrons. The first-order valence-electron chi connectivity index (χ1n) is 10.9. The number of ether oxygens (including phenoxy) is 1. The number of pyridine rings is 1. The molecule has 2 heterocycles. The van der Waals surface area contributed by atoms with Crippen LogP contribution in [0.15, 0.2) is 66.5 Å². The molecule has 1 unspecified atom stereocenters. The minimum Gasteiger partial charge on any atom is -0.507 e. The van der Waals surface area contributed by atoms with Crippen LogP contribution < -0.4 is 9.64 Å². The van der Waals surface area contributed by atoms with E-state index in [4.69, 9.17) is 16.3 Å². The van der Waals surface area contributed by atoms with Crippen molar-refractivity contribution in [3.05, 3.63) is 93.8 Å². The Hall–Kier alpha value is -3.64. The van der Waals surface area contributed by atoms with Crippen molar-refractivity contribution in [1.29, 1.82) is 0 Å². The number of Topliss-reactive ketones (excluding diaryl/α,β-unsaturated/α-hetero) is 1. The van der Waals surface area contributed by atoms with Gasteiger partial charge in [0.05, 0.1) is 18.7 Å². The van der Waals surface area contributed by atoms with Crippen molar-refractivity contribution in [2.24, 2.45) is 0 Å². The van der Waals surface area contributed by atoms with Gasteiger partial charge in [-0.25, -0.2) is 0 Å². The molecule has 4 rings (SSSR count). The highest BCUT2D eigenvalue weighted by Crippen LogP contribution is 2.43. The number of methoxy groups -OCH3 is 1. The van der Waals surface area contributed by atoms with Crippen LogP contribution in [0.3, 0.4) is 0 Å². The number of amides is 1. The van der Waals surface area contributed by atoms with Gasteiger partial charge in [0.1, 0.15) is 11.5 Å². The van der Waals surface area contributed by atoms with E-state index in [-0.39, 0.29) is 17.3 Å². The number of ketones is 1. The average Bonchev–Trinajstić information content (AvgIpc) is 3.09. The summed E-state index contributed by atoms with van der Waals surface area (Å²) in [6.45, 7) is 5.85. The zero-order valence-electron chi connectivity index (χ0n) is 19.4.